The molecule has 150 valence electrons. The highest BCUT2D eigenvalue weighted by molar-refractivity contribution is 14.0. The van der Waals surface area contributed by atoms with Crippen LogP contribution in [-0.4, -0.2) is 51.3 Å². The van der Waals surface area contributed by atoms with Gasteiger partial charge in [-0.1, -0.05) is 36.4 Å². The largest absolute Gasteiger partial charge is 0.381 e. The number of aliphatic imine (C=N–C) groups is 1. The molecule has 0 saturated heterocycles. The lowest BCUT2D eigenvalue weighted by molar-refractivity contribution is 0.133. The standard InChI is InChI=1S/C21H31N3OS.HI/c1-22-21(24(2)15-12-20-11-8-18-26-20)23-14-6-7-16-25-17-13-19-9-4-3-5-10-19;/h3-5,8-11,18H,6-7,12-17H2,1-2H3,(H,22,23);1H. The van der Waals surface area contributed by atoms with Gasteiger partial charge in [0.15, 0.2) is 5.96 Å². The van der Waals surface area contributed by atoms with Crippen molar-refractivity contribution >= 4 is 41.3 Å². The maximum atomic E-state index is 5.73. The molecule has 4 nitrogen and oxygen atoms in total. The van der Waals surface area contributed by atoms with Crippen LogP contribution in [0.2, 0.25) is 0 Å². The van der Waals surface area contributed by atoms with Crippen LogP contribution in [-0.2, 0) is 17.6 Å². The third-order valence-electron chi connectivity index (χ3n) is 4.22. The van der Waals surface area contributed by atoms with Gasteiger partial charge in [0, 0.05) is 38.7 Å². The molecule has 0 unspecified atom stereocenters. The van der Waals surface area contributed by atoms with Gasteiger partial charge in [0.05, 0.1) is 6.61 Å². The second-order valence-electron chi connectivity index (χ2n) is 6.28. The summed E-state index contributed by atoms with van der Waals surface area (Å²) in [6.07, 6.45) is 4.20. The fourth-order valence-corrected chi connectivity index (χ4v) is 3.39. The number of ether oxygens (including phenoxy) is 1. The number of hydrogen-bond acceptors (Lipinski definition) is 3. The summed E-state index contributed by atoms with van der Waals surface area (Å²) in [6, 6.07) is 14.8. The number of rotatable bonds is 11. The highest BCUT2D eigenvalue weighted by atomic mass is 127. The van der Waals surface area contributed by atoms with Crippen molar-refractivity contribution in [3.05, 3.63) is 58.3 Å². The van der Waals surface area contributed by atoms with E-state index in [0.717, 1.165) is 57.9 Å². The summed E-state index contributed by atoms with van der Waals surface area (Å²) < 4.78 is 5.73. The van der Waals surface area contributed by atoms with Crippen LogP contribution in [0.3, 0.4) is 0 Å². The molecule has 6 heteroatoms. The first-order valence-corrected chi connectivity index (χ1v) is 10.2. The Morgan fingerprint density at radius 3 is 2.59 bits per heavy atom. The van der Waals surface area contributed by atoms with Crippen LogP contribution < -0.4 is 5.32 Å². The maximum Gasteiger partial charge on any atom is 0.193 e. The average molecular weight is 501 g/mol. The molecular formula is C21H32IN3OS. The van der Waals surface area contributed by atoms with Crippen molar-refractivity contribution in [1.29, 1.82) is 0 Å². The van der Waals surface area contributed by atoms with Crippen molar-refractivity contribution in [2.75, 3.05) is 40.4 Å². The van der Waals surface area contributed by atoms with Crippen LogP contribution in [0.25, 0.3) is 0 Å². The SMILES string of the molecule is CN=C(NCCCCOCCc1ccccc1)N(C)CCc1cccs1.I. The Hall–Kier alpha value is -1.12. The Balaban J connectivity index is 0.00000364. The monoisotopic (exact) mass is 501 g/mol. The molecular weight excluding hydrogens is 469 g/mol. The zero-order chi connectivity index (χ0) is 18.5. The van der Waals surface area contributed by atoms with Gasteiger partial charge in [0.1, 0.15) is 0 Å². The van der Waals surface area contributed by atoms with Crippen LogP contribution in [0, 0.1) is 0 Å². The summed E-state index contributed by atoms with van der Waals surface area (Å²) in [5, 5.41) is 5.57. The lowest BCUT2D eigenvalue weighted by Crippen LogP contribution is -2.40. The minimum atomic E-state index is 0. The fraction of sp³-hybridized carbons (Fsp3) is 0.476. The first kappa shape index (κ1) is 23.9. The molecule has 0 aliphatic rings. The molecule has 0 spiro atoms. The normalized spacial score (nSPS) is 11.1. The molecule has 0 atom stereocenters. The maximum absolute atomic E-state index is 5.73. The number of hydrogen-bond donors (Lipinski definition) is 1. The van der Waals surface area contributed by atoms with E-state index >= 15 is 0 Å². The summed E-state index contributed by atoms with van der Waals surface area (Å²) in [4.78, 5) is 7.98. The fourth-order valence-electron chi connectivity index (χ4n) is 2.69. The number of halogens is 1. The van der Waals surface area contributed by atoms with Gasteiger partial charge >= 0.3 is 0 Å². The van der Waals surface area contributed by atoms with Crippen molar-refractivity contribution in [1.82, 2.24) is 10.2 Å². The van der Waals surface area contributed by atoms with Crippen LogP contribution in [0.15, 0.2) is 52.8 Å². The van der Waals surface area contributed by atoms with E-state index in [1.54, 1.807) is 0 Å². The summed E-state index contributed by atoms with van der Waals surface area (Å²) >= 11 is 1.81. The molecule has 2 rings (SSSR count). The van der Waals surface area contributed by atoms with Crippen LogP contribution >= 0.6 is 35.3 Å². The highest BCUT2D eigenvalue weighted by Crippen LogP contribution is 2.09. The molecule has 1 aromatic carbocycles. The highest BCUT2D eigenvalue weighted by Gasteiger charge is 2.05. The smallest absolute Gasteiger partial charge is 0.193 e. The number of guanidine groups is 1. The lowest BCUT2D eigenvalue weighted by Gasteiger charge is -2.21. The molecule has 27 heavy (non-hydrogen) atoms. The number of benzene rings is 1. The van der Waals surface area contributed by atoms with E-state index in [4.69, 9.17) is 4.74 Å². The second-order valence-corrected chi connectivity index (χ2v) is 7.31. The molecule has 0 saturated carbocycles. The summed E-state index contributed by atoms with van der Waals surface area (Å²) in [5.74, 6) is 0.964. The summed E-state index contributed by atoms with van der Waals surface area (Å²) in [5.41, 5.74) is 1.34. The van der Waals surface area contributed by atoms with Crippen molar-refractivity contribution < 1.29 is 4.74 Å². The van der Waals surface area contributed by atoms with E-state index in [0.29, 0.717) is 0 Å². The zero-order valence-electron chi connectivity index (χ0n) is 16.4. The Kier molecular flexibility index (Phi) is 13.2. The van der Waals surface area contributed by atoms with Crippen molar-refractivity contribution in [2.24, 2.45) is 4.99 Å². The molecule has 1 aromatic heterocycles. The molecule has 1 N–H and O–H groups in total. The number of thiophene rings is 1. The molecule has 0 radical (unpaired) electrons. The molecule has 1 heterocycles. The number of likely N-dealkylation sites (N-methyl/N-ethyl adjacent to an activating group) is 1. The lowest BCUT2D eigenvalue weighted by atomic mass is 10.2. The van der Waals surface area contributed by atoms with E-state index in [1.165, 1.54) is 10.4 Å². The Bertz CT molecular complexity index is 620. The summed E-state index contributed by atoms with van der Waals surface area (Å²) in [6.45, 7) is 3.52. The van der Waals surface area contributed by atoms with Gasteiger partial charge < -0.3 is 15.0 Å². The molecule has 0 fully saturated rings. The van der Waals surface area contributed by atoms with Gasteiger partial charge in [-0.2, -0.15) is 0 Å². The minimum Gasteiger partial charge on any atom is -0.381 e. The van der Waals surface area contributed by atoms with Crippen molar-refractivity contribution in [2.45, 2.75) is 25.7 Å². The quantitative estimate of drug-likeness (QED) is 0.214. The second kappa shape index (κ2) is 14.9. The predicted molar refractivity (Wildman–Crippen MR) is 128 cm³/mol. The number of nitrogens with one attached hydrogen (secondary N) is 1. The Morgan fingerprint density at radius 2 is 1.89 bits per heavy atom. The molecule has 0 aliphatic carbocycles. The van der Waals surface area contributed by atoms with Gasteiger partial charge in [0.2, 0.25) is 0 Å². The van der Waals surface area contributed by atoms with Gasteiger partial charge in [-0.25, -0.2) is 0 Å². The van der Waals surface area contributed by atoms with Gasteiger partial charge in [-0.15, -0.1) is 35.3 Å². The van der Waals surface area contributed by atoms with Crippen molar-refractivity contribution in [3.63, 3.8) is 0 Å². The van der Waals surface area contributed by atoms with Crippen molar-refractivity contribution in [3.8, 4) is 0 Å². The van der Waals surface area contributed by atoms with E-state index in [1.807, 2.05) is 24.5 Å². The van der Waals surface area contributed by atoms with Crippen LogP contribution in [0.5, 0.6) is 0 Å². The van der Waals surface area contributed by atoms with E-state index in [-0.39, 0.29) is 24.0 Å². The number of unbranched alkanes of at least 4 members (excludes halogenated alkanes) is 1. The minimum absolute atomic E-state index is 0. The molecule has 0 aliphatic heterocycles. The Morgan fingerprint density at radius 1 is 1.07 bits per heavy atom. The first-order valence-electron chi connectivity index (χ1n) is 9.35. The van der Waals surface area contributed by atoms with E-state index in [9.17, 15) is 0 Å². The van der Waals surface area contributed by atoms with Crippen LogP contribution in [0.1, 0.15) is 23.3 Å². The summed E-state index contributed by atoms with van der Waals surface area (Å²) in [7, 11) is 3.94. The van der Waals surface area contributed by atoms with E-state index in [2.05, 4.69) is 64.0 Å². The predicted octanol–water partition coefficient (Wildman–Crippen LogP) is 4.46. The topological polar surface area (TPSA) is 36.9 Å². The third-order valence-corrected chi connectivity index (χ3v) is 5.16. The molecule has 0 bridgehead atoms. The van der Waals surface area contributed by atoms with Gasteiger partial charge in [0.25, 0.3) is 0 Å². The number of nitrogens with zero attached hydrogens (tertiary/aromatic N) is 2. The zero-order valence-corrected chi connectivity index (χ0v) is 19.5. The third kappa shape index (κ3) is 10.1. The van der Waals surface area contributed by atoms with Gasteiger partial charge in [-0.3, -0.25) is 4.99 Å². The van der Waals surface area contributed by atoms with E-state index < -0.39 is 0 Å². The van der Waals surface area contributed by atoms with Crippen LogP contribution in [0.4, 0.5) is 0 Å². The first-order chi connectivity index (χ1) is 12.8. The molecule has 0 amide bonds. The van der Waals surface area contributed by atoms with Gasteiger partial charge in [-0.05, 0) is 42.7 Å². The Labute approximate surface area is 185 Å². The average Bonchev–Trinajstić information content (AvgIpc) is 3.19. The molecule has 2 aromatic rings.